The zero-order valence-corrected chi connectivity index (χ0v) is 21.9. The number of carbonyl (C=O) groups is 3. The molecule has 2 aromatic carbocycles. The number of halogens is 4. The Morgan fingerprint density at radius 2 is 1.79 bits per heavy atom. The second-order valence-electron chi connectivity index (χ2n) is 8.43. The summed E-state index contributed by atoms with van der Waals surface area (Å²) in [6.45, 7) is 0.751. The molecular weight excluding hydrogens is 595 g/mol. The molecule has 4 rings (SSSR count). The van der Waals surface area contributed by atoms with Crippen molar-refractivity contribution in [3.05, 3.63) is 67.0 Å². The number of carbonyl (C=O) groups excluding carboxylic acids is 3. The van der Waals surface area contributed by atoms with Crippen LogP contribution in [0.3, 0.4) is 0 Å². The molecule has 0 bridgehead atoms. The van der Waals surface area contributed by atoms with E-state index in [0.29, 0.717) is 41.5 Å². The van der Waals surface area contributed by atoms with Gasteiger partial charge in [-0.15, -0.1) is 0 Å². The summed E-state index contributed by atoms with van der Waals surface area (Å²) >= 11 is 3.90. The molecule has 14 heteroatoms. The molecule has 0 aromatic heterocycles. The van der Waals surface area contributed by atoms with E-state index < -0.39 is 39.2 Å². The Morgan fingerprint density at radius 1 is 1.11 bits per heavy atom. The number of hydrogen-bond donors (Lipinski definition) is 0. The maximum Gasteiger partial charge on any atom is 0.416 e. The van der Waals surface area contributed by atoms with Crippen LogP contribution in [0.5, 0.6) is 11.5 Å². The Morgan fingerprint density at radius 3 is 2.45 bits per heavy atom. The lowest BCUT2D eigenvalue weighted by molar-refractivity contribution is -0.385. The van der Waals surface area contributed by atoms with Crippen molar-refractivity contribution in [2.75, 3.05) is 19.6 Å². The number of hydrogen-bond acceptors (Lipinski definition) is 7. The highest BCUT2D eigenvalue weighted by Crippen LogP contribution is 2.40. The second-order valence-corrected chi connectivity index (χ2v) is 10.3. The van der Waals surface area contributed by atoms with Crippen molar-refractivity contribution in [2.24, 2.45) is 0 Å². The number of piperidine rings is 1. The van der Waals surface area contributed by atoms with Crippen molar-refractivity contribution < 1.29 is 37.2 Å². The molecule has 2 aromatic rings. The van der Waals surface area contributed by atoms with Crippen LogP contribution in [0.25, 0.3) is 6.08 Å². The van der Waals surface area contributed by atoms with Crippen molar-refractivity contribution in [1.82, 2.24) is 9.80 Å². The fourth-order valence-corrected chi connectivity index (χ4v) is 5.13. The highest BCUT2D eigenvalue weighted by atomic mass is 79.9. The van der Waals surface area contributed by atoms with Gasteiger partial charge in [-0.05, 0) is 67.4 Å². The van der Waals surface area contributed by atoms with Gasteiger partial charge in [-0.1, -0.05) is 15.9 Å². The quantitative estimate of drug-likeness (QED) is 0.216. The normalized spacial score (nSPS) is 17.3. The van der Waals surface area contributed by atoms with Crippen molar-refractivity contribution in [2.45, 2.75) is 25.4 Å². The number of thioether (sulfide) groups is 1. The zero-order chi connectivity index (χ0) is 27.6. The number of nitro benzene ring substituents is 1. The summed E-state index contributed by atoms with van der Waals surface area (Å²) in [6.07, 6.45) is -0.732. The van der Waals surface area contributed by atoms with Crippen molar-refractivity contribution in [1.29, 1.82) is 0 Å². The number of alkyl halides is 3. The van der Waals surface area contributed by atoms with E-state index in [1.54, 1.807) is 4.90 Å². The maximum absolute atomic E-state index is 13.0. The summed E-state index contributed by atoms with van der Waals surface area (Å²) in [4.78, 5) is 51.0. The van der Waals surface area contributed by atoms with Crippen molar-refractivity contribution in [3.8, 4) is 11.5 Å². The molecule has 2 fully saturated rings. The van der Waals surface area contributed by atoms with Crippen LogP contribution in [0, 0.1) is 10.1 Å². The molecule has 0 spiro atoms. The topological polar surface area (TPSA) is 110 Å². The van der Waals surface area contributed by atoms with Gasteiger partial charge in [-0.2, -0.15) is 13.2 Å². The van der Waals surface area contributed by atoms with Crippen LogP contribution in [0.4, 0.5) is 23.7 Å². The highest BCUT2D eigenvalue weighted by molar-refractivity contribution is 9.10. The lowest BCUT2D eigenvalue weighted by Gasteiger charge is -2.27. The number of likely N-dealkylation sites (tertiary alicyclic amines) is 1. The fourth-order valence-electron chi connectivity index (χ4n) is 3.92. The monoisotopic (exact) mass is 613 g/mol. The SMILES string of the molecule is O=C(CN1C(=O)S/C(=C\c2cc(Br)ccc2Oc2ccc(C(F)(F)F)cc2[N+](=O)[O-])C1=O)N1CCCCC1. The van der Waals surface area contributed by atoms with E-state index in [-0.39, 0.29) is 28.7 Å². The lowest BCUT2D eigenvalue weighted by atomic mass is 10.1. The summed E-state index contributed by atoms with van der Waals surface area (Å²) < 4.78 is 45.3. The average molecular weight is 614 g/mol. The fraction of sp³-hybridized carbons (Fsp3) is 0.292. The first-order chi connectivity index (χ1) is 17.9. The molecule has 2 saturated heterocycles. The average Bonchev–Trinajstić information content (AvgIpc) is 3.12. The first kappa shape index (κ1) is 27.6. The van der Waals surface area contributed by atoms with E-state index in [4.69, 9.17) is 4.74 Å². The van der Waals surface area contributed by atoms with Crippen LogP contribution in [0.2, 0.25) is 0 Å². The molecule has 0 unspecified atom stereocenters. The second kappa shape index (κ2) is 11.2. The molecule has 2 aliphatic rings. The number of amides is 3. The summed E-state index contributed by atoms with van der Waals surface area (Å²) in [5.74, 6) is -1.46. The standard InChI is InChI=1S/C24H19BrF3N3O6S/c25-16-5-7-18(37-19-6-4-15(24(26,27)28)12-17(19)31(35)36)14(10-16)11-20-22(33)30(23(34)38-20)13-21(32)29-8-2-1-3-9-29/h4-7,10-12H,1-3,8-9,13H2/b20-11-. The highest BCUT2D eigenvalue weighted by Gasteiger charge is 2.38. The third kappa shape index (κ3) is 6.18. The molecule has 2 heterocycles. The first-order valence-corrected chi connectivity index (χ1v) is 12.9. The number of nitrogens with zero attached hydrogens (tertiary/aromatic N) is 3. The Balaban J connectivity index is 1.60. The minimum absolute atomic E-state index is 0.00718. The van der Waals surface area contributed by atoms with Crippen LogP contribution in [-0.2, 0) is 15.8 Å². The number of ether oxygens (including phenoxy) is 1. The zero-order valence-electron chi connectivity index (χ0n) is 19.5. The van der Waals surface area contributed by atoms with E-state index in [9.17, 15) is 37.7 Å². The molecule has 0 atom stereocenters. The van der Waals surface area contributed by atoms with Gasteiger partial charge < -0.3 is 9.64 Å². The molecule has 200 valence electrons. The number of nitro groups is 1. The van der Waals surface area contributed by atoms with E-state index in [0.717, 1.165) is 30.2 Å². The summed E-state index contributed by atoms with van der Waals surface area (Å²) in [5.41, 5.74) is -1.88. The van der Waals surface area contributed by atoms with E-state index in [2.05, 4.69) is 15.9 Å². The van der Waals surface area contributed by atoms with Gasteiger partial charge in [0.1, 0.15) is 12.3 Å². The molecule has 2 aliphatic heterocycles. The number of rotatable bonds is 6. The Hall–Kier alpha value is -3.39. The van der Waals surface area contributed by atoms with Gasteiger partial charge in [0.25, 0.3) is 11.1 Å². The Bertz CT molecular complexity index is 1340. The molecule has 3 amide bonds. The predicted octanol–water partition coefficient (Wildman–Crippen LogP) is 6.22. The summed E-state index contributed by atoms with van der Waals surface area (Å²) in [5, 5.41) is 10.8. The van der Waals surface area contributed by atoms with Crippen LogP contribution >= 0.6 is 27.7 Å². The van der Waals surface area contributed by atoms with Gasteiger partial charge in [0.05, 0.1) is 15.4 Å². The molecule has 0 radical (unpaired) electrons. The van der Waals surface area contributed by atoms with E-state index in [1.807, 2.05) is 0 Å². The smallest absolute Gasteiger partial charge is 0.416 e. The third-order valence-electron chi connectivity index (χ3n) is 5.84. The molecule has 0 aliphatic carbocycles. The van der Waals surface area contributed by atoms with Gasteiger partial charge in [-0.3, -0.25) is 29.4 Å². The minimum atomic E-state index is -4.79. The van der Waals surface area contributed by atoms with Gasteiger partial charge in [-0.25, -0.2) is 0 Å². The van der Waals surface area contributed by atoms with Gasteiger partial charge in [0, 0.05) is 29.2 Å². The Labute approximate surface area is 226 Å². The largest absolute Gasteiger partial charge is 0.449 e. The third-order valence-corrected chi connectivity index (χ3v) is 7.24. The van der Waals surface area contributed by atoms with Crippen LogP contribution in [0.15, 0.2) is 45.8 Å². The molecule has 38 heavy (non-hydrogen) atoms. The van der Waals surface area contributed by atoms with Crippen LogP contribution in [0.1, 0.15) is 30.4 Å². The van der Waals surface area contributed by atoms with E-state index in [1.165, 1.54) is 24.3 Å². The maximum atomic E-state index is 13.0. The van der Waals surface area contributed by atoms with Gasteiger partial charge in [0.2, 0.25) is 11.7 Å². The van der Waals surface area contributed by atoms with Crippen LogP contribution < -0.4 is 4.74 Å². The molecular formula is C24H19BrF3N3O6S. The van der Waals surface area contributed by atoms with Gasteiger partial charge in [0.15, 0.2) is 0 Å². The van der Waals surface area contributed by atoms with Gasteiger partial charge >= 0.3 is 11.9 Å². The van der Waals surface area contributed by atoms with Crippen molar-refractivity contribution in [3.63, 3.8) is 0 Å². The first-order valence-electron chi connectivity index (χ1n) is 11.3. The molecule has 0 N–H and O–H groups in total. The molecule has 9 nitrogen and oxygen atoms in total. The summed E-state index contributed by atoms with van der Waals surface area (Å²) in [7, 11) is 0. The van der Waals surface area contributed by atoms with Crippen molar-refractivity contribution >= 4 is 56.5 Å². The van der Waals surface area contributed by atoms with Crippen LogP contribution in [-0.4, -0.2) is 51.4 Å². The number of benzene rings is 2. The van der Waals surface area contributed by atoms with E-state index >= 15 is 0 Å². The molecule has 0 saturated carbocycles. The number of imide groups is 1. The minimum Gasteiger partial charge on any atom is -0.449 e. The Kier molecular flexibility index (Phi) is 8.11. The summed E-state index contributed by atoms with van der Waals surface area (Å²) in [6, 6.07) is 6.32. The predicted molar refractivity (Wildman–Crippen MR) is 135 cm³/mol. The lowest BCUT2D eigenvalue weighted by Crippen LogP contribution is -2.44.